The maximum absolute atomic E-state index is 13.4. The van der Waals surface area contributed by atoms with Crippen molar-refractivity contribution < 1.29 is 14.6 Å². The Labute approximate surface area is 235 Å². The third-order valence-corrected chi connectivity index (χ3v) is 8.23. The molecule has 0 atom stereocenters. The normalized spacial score (nSPS) is 17.9. The van der Waals surface area contributed by atoms with Crippen LogP contribution in [0.3, 0.4) is 0 Å². The topological polar surface area (TPSA) is 56.2 Å². The maximum Gasteiger partial charge on any atom is 0.225 e. The molecule has 2 aliphatic rings. The number of hydrogen-bond donors (Lipinski definition) is 1. The van der Waals surface area contributed by atoms with Crippen molar-refractivity contribution in [1.82, 2.24) is 9.80 Å². The zero-order chi connectivity index (χ0) is 28.4. The zero-order valence-electron chi connectivity index (χ0n) is 25.2. The fraction of sp³-hybridized carbons (Fsp3) is 0.606. The first kappa shape index (κ1) is 29.3. The van der Waals surface area contributed by atoms with E-state index >= 15 is 0 Å². The van der Waals surface area contributed by atoms with Crippen LogP contribution in [0, 0.1) is 5.92 Å². The van der Waals surface area contributed by atoms with Crippen LogP contribution >= 0.6 is 0 Å². The van der Waals surface area contributed by atoms with Gasteiger partial charge in [-0.15, -0.1) is 0 Å². The third-order valence-electron chi connectivity index (χ3n) is 8.23. The number of benzene rings is 2. The van der Waals surface area contributed by atoms with E-state index in [1.54, 1.807) is 0 Å². The van der Waals surface area contributed by atoms with E-state index in [9.17, 15) is 9.90 Å². The number of phenols is 1. The molecule has 1 amide bonds. The Bertz CT molecular complexity index is 1100. The lowest BCUT2D eigenvalue weighted by atomic mass is 9.78. The Morgan fingerprint density at radius 3 is 2.00 bits per heavy atom. The summed E-state index contributed by atoms with van der Waals surface area (Å²) in [4.78, 5) is 20.3. The van der Waals surface area contributed by atoms with Crippen molar-refractivity contribution in [2.45, 2.75) is 78.7 Å². The number of likely N-dealkylation sites (tertiary alicyclic amines) is 1. The summed E-state index contributed by atoms with van der Waals surface area (Å²) < 4.78 is 5.82. The number of carbonyl (C=O) groups excluding carboxylic acids is 1. The van der Waals surface area contributed by atoms with Crippen LogP contribution in [0.25, 0.3) is 0 Å². The average Bonchev–Trinajstić information content (AvgIpc) is 2.89. The third kappa shape index (κ3) is 6.89. The van der Waals surface area contributed by atoms with Crippen molar-refractivity contribution in [2.24, 2.45) is 5.92 Å². The summed E-state index contributed by atoms with van der Waals surface area (Å²) in [5, 5.41) is 11.1. The molecule has 0 unspecified atom stereocenters. The van der Waals surface area contributed by atoms with Gasteiger partial charge in [0, 0.05) is 38.6 Å². The van der Waals surface area contributed by atoms with Gasteiger partial charge in [0.25, 0.3) is 0 Å². The van der Waals surface area contributed by atoms with Crippen molar-refractivity contribution >= 4 is 11.6 Å². The lowest BCUT2D eigenvalue weighted by Crippen LogP contribution is -2.51. The second-order valence-corrected chi connectivity index (χ2v) is 13.3. The molecule has 0 saturated carbocycles. The van der Waals surface area contributed by atoms with Crippen LogP contribution in [0.5, 0.6) is 11.5 Å². The van der Waals surface area contributed by atoms with Crippen LogP contribution in [-0.2, 0) is 22.2 Å². The minimum absolute atomic E-state index is 0.110. The summed E-state index contributed by atoms with van der Waals surface area (Å²) in [5.41, 5.74) is 4.13. The molecule has 0 aromatic heterocycles. The number of para-hydroxylation sites is 2. The SMILES string of the molecule is CCOc1ccccc1N1CCN(C(=O)C2CCN(Cc3cc(C(C)(C)C)c(O)c(C(C)(C)C)c3)CC2)CC1. The van der Waals surface area contributed by atoms with Crippen molar-refractivity contribution in [3.05, 3.63) is 53.1 Å². The summed E-state index contributed by atoms with van der Waals surface area (Å²) >= 11 is 0. The summed E-state index contributed by atoms with van der Waals surface area (Å²) in [6.07, 6.45) is 1.81. The largest absolute Gasteiger partial charge is 0.507 e. The number of piperazine rings is 1. The van der Waals surface area contributed by atoms with Gasteiger partial charge in [-0.1, -0.05) is 65.8 Å². The second-order valence-electron chi connectivity index (χ2n) is 13.3. The van der Waals surface area contributed by atoms with Crippen molar-refractivity contribution in [3.63, 3.8) is 0 Å². The van der Waals surface area contributed by atoms with Gasteiger partial charge in [0.1, 0.15) is 11.5 Å². The highest BCUT2D eigenvalue weighted by atomic mass is 16.5. The lowest BCUT2D eigenvalue weighted by molar-refractivity contribution is -0.137. The predicted molar refractivity (Wildman–Crippen MR) is 160 cm³/mol. The summed E-state index contributed by atoms with van der Waals surface area (Å²) in [7, 11) is 0. The maximum atomic E-state index is 13.4. The number of anilines is 1. The van der Waals surface area contributed by atoms with Crippen LogP contribution in [0.2, 0.25) is 0 Å². The van der Waals surface area contributed by atoms with Gasteiger partial charge >= 0.3 is 0 Å². The van der Waals surface area contributed by atoms with E-state index in [2.05, 4.69) is 80.5 Å². The number of piperidine rings is 1. The van der Waals surface area contributed by atoms with Crippen LogP contribution in [0.15, 0.2) is 36.4 Å². The number of amides is 1. The summed E-state index contributed by atoms with van der Waals surface area (Å²) in [6.45, 7) is 21.5. The van der Waals surface area contributed by atoms with Gasteiger partial charge < -0.3 is 19.6 Å². The Morgan fingerprint density at radius 1 is 0.897 bits per heavy atom. The van der Waals surface area contributed by atoms with E-state index < -0.39 is 0 Å². The average molecular weight is 536 g/mol. The molecular formula is C33H49N3O3. The van der Waals surface area contributed by atoms with Gasteiger partial charge in [-0.3, -0.25) is 9.69 Å². The number of carbonyl (C=O) groups is 1. The highest BCUT2D eigenvalue weighted by Gasteiger charge is 2.32. The molecule has 2 aliphatic heterocycles. The molecule has 0 radical (unpaired) electrons. The first-order chi connectivity index (χ1) is 18.4. The standard InChI is InChI=1S/C33H49N3O3/c1-8-39-29-12-10-9-11-28(29)35-17-19-36(20-18-35)31(38)25-13-15-34(16-14-25)23-24-21-26(32(2,3)4)30(37)27(22-24)33(5,6)7/h9-12,21-22,25,37H,8,13-20,23H2,1-7H3. The summed E-state index contributed by atoms with van der Waals surface area (Å²) in [5.74, 6) is 1.79. The minimum Gasteiger partial charge on any atom is -0.507 e. The van der Waals surface area contributed by atoms with E-state index in [0.29, 0.717) is 18.3 Å². The highest BCUT2D eigenvalue weighted by Crippen LogP contribution is 2.40. The molecule has 4 rings (SSSR count). The fourth-order valence-electron chi connectivity index (χ4n) is 5.95. The van der Waals surface area contributed by atoms with Crippen LogP contribution in [0.1, 0.15) is 78.0 Å². The van der Waals surface area contributed by atoms with Gasteiger partial charge in [-0.25, -0.2) is 0 Å². The molecular weight excluding hydrogens is 486 g/mol. The molecule has 0 spiro atoms. The van der Waals surface area contributed by atoms with Crippen LogP contribution < -0.4 is 9.64 Å². The molecule has 2 aromatic carbocycles. The second kappa shape index (κ2) is 11.8. The molecule has 2 heterocycles. The predicted octanol–water partition coefficient (Wildman–Crippen LogP) is 5.95. The molecule has 2 aromatic rings. The van der Waals surface area contributed by atoms with E-state index in [0.717, 1.165) is 81.2 Å². The molecule has 1 N–H and O–H groups in total. The van der Waals surface area contributed by atoms with Gasteiger partial charge in [-0.05, 0) is 72.5 Å². The van der Waals surface area contributed by atoms with E-state index in [-0.39, 0.29) is 16.7 Å². The quantitative estimate of drug-likeness (QED) is 0.496. The Morgan fingerprint density at radius 2 is 1.46 bits per heavy atom. The lowest BCUT2D eigenvalue weighted by Gasteiger charge is -2.39. The first-order valence-electron chi connectivity index (χ1n) is 14.7. The Balaban J connectivity index is 1.34. The number of rotatable bonds is 6. The fourth-order valence-corrected chi connectivity index (χ4v) is 5.95. The molecule has 2 saturated heterocycles. The number of hydrogen-bond acceptors (Lipinski definition) is 5. The van der Waals surface area contributed by atoms with Crippen molar-refractivity contribution in [3.8, 4) is 11.5 Å². The first-order valence-corrected chi connectivity index (χ1v) is 14.7. The highest BCUT2D eigenvalue weighted by molar-refractivity contribution is 5.79. The van der Waals surface area contributed by atoms with Gasteiger partial charge in [0.15, 0.2) is 0 Å². The van der Waals surface area contributed by atoms with Gasteiger partial charge in [0.2, 0.25) is 5.91 Å². The number of nitrogens with zero attached hydrogens (tertiary/aromatic N) is 3. The Hall–Kier alpha value is -2.73. The summed E-state index contributed by atoms with van der Waals surface area (Å²) in [6, 6.07) is 12.6. The van der Waals surface area contributed by atoms with Crippen molar-refractivity contribution in [1.29, 1.82) is 0 Å². The minimum atomic E-state index is -0.130. The molecule has 39 heavy (non-hydrogen) atoms. The van der Waals surface area contributed by atoms with E-state index in [1.165, 1.54) is 5.56 Å². The number of ether oxygens (including phenoxy) is 1. The van der Waals surface area contributed by atoms with Gasteiger partial charge in [-0.2, -0.15) is 0 Å². The molecule has 0 bridgehead atoms. The van der Waals surface area contributed by atoms with Crippen LogP contribution in [-0.4, -0.2) is 66.7 Å². The number of phenolic OH excluding ortho intramolecular Hbond substituents is 1. The van der Waals surface area contributed by atoms with Crippen LogP contribution in [0.4, 0.5) is 5.69 Å². The Kier molecular flexibility index (Phi) is 8.85. The molecule has 0 aliphatic carbocycles. The number of aromatic hydroxyl groups is 1. The molecule has 6 heteroatoms. The van der Waals surface area contributed by atoms with E-state index in [1.807, 2.05) is 19.1 Å². The zero-order valence-corrected chi connectivity index (χ0v) is 25.2. The van der Waals surface area contributed by atoms with Crippen molar-refractivity contribution in [2.75, 3.05) is 50.8 Å². The smallest absolute Gasteiger partial charge is 0.225 e. The molecule has 2 fully saturated rings. The monoisotopic (exact) mass is 535 g/mol. The van der Waals surface area contributed by atoms with E-state index in [4.69, 9.17) is 4.74 Å². The molecule has 214 valence electrons. The van der Waals surface area contributed by atoms with Gasteiger partial charge in [0.05, 0.1) is 12.3 Å². The molecule has 6 nitrogen and oxygen atoms in total.